The molecule has 0 heterocycles. The van der Waals surface area contributed by atoms with Gasteiger partial charge in [0.15, 0.2) is 0 Å². The number of aryl methyl sites for hydroxylation is 2. The van der Waals surface area contributed by atoms with Crippen molar-refractivity contribution in [1.82, 2.24) is 5.32 Å². The van der Waals surface area contributed by atoms with Gasteiger partial charge in [-0.2, -0.15) is 0 Å². The molecule has 2 rings (SSSR count). The molecular weight excluding hydrogens is 322 g/mol. The molecule has 2 N–H and O–H groups in total. The highest BCUT2D eigenvalue weighted by molar-refractivity contribution is 7.98. The van der Waals surface area contributed by atoms with E-state index >= 15 is 0 Å². The third-order valence-corrected chi connectivity index (χ3v) is 4.71. The first-order valence-corrected chi connectivity index (χ1v) is 8.87. The van der Waals surface area contributed by atoms with E-state index < -0.39 is 12.0 Å². The summed E-state index contributed by atoms with van der Waals surface area (Å²) < 4.78 is 0. The second kappa shape index (κ2) is 8.02. The van der Waals surface area contributed by atoms with Crippen LogP contribution in [-0.4, -0.2) is 23.2 Å². The Kier molecular flexibility index (Phi) is 6.04. The Morgan fingerprint density at radius 1 is 1.08 bits per heavy atom. The van der Waals surface area contributed by atoms with E-state index in [-0.39, 0.29) is 12.3 Å². The molecule has 1 unspecified atom stereocenters. The highest BCUT2D eigenvalue weighted by Crippen LogP contribution is 2.22. The molecule has 24 heavy (non-hydrogen) atoms. The van der Waals surface area contributed by atoms with Crippen molar-refractivity contribution in [1.29, 1.82) is 0 Å². The van der Waals surface area contributed by atoms with Crippen molar-refractivity contribution in [2.45, 2.75) is 31.2 Å². The van der Waals surface area contributed by atoms with Crippen molar-refractivity contribution in [3.63, 3.8) is 0 Å². The van der Waals surface area contributed by atoms with E-state index in [0.29, 0.717) is 5.56 Å². The molecule has 5 heteroatoms. The number of hydrogen-bond acceptors (Lipinski definition) is 3. The van der Waals surface area contributed by atoms with Crippen LogP contribution in [0.15, 0.2) is 47.4 Å². The molecule has 0 saturated carbocycles. The van der Waals surface area contributed by atoms with Crippen molar-refractivity contribution in [3.05, 3.63) is 64.7 Å². The number of rotatable bonds is 6. The number of carbonyl (C=O) groups excluding carboxylic acids is 1. The highest BCUT2D eigenvalue weighted by atomic mass is 32.2. The topological polar surface area (TPSA) is 66.4 Å². The average Bonchev–Trinajstić information content (AvgIpc) is 2.56. The fourth-order valence-electron chi connectivity index (χ4n) is 2.39. The summed E-state index contributed by atoms with van der Waals surface area (Å²) in [7, 11) is 0. The second-order valence-electron chi connectivity index (χ2n) is 5.70. The first-order valence-electron chi connectivity index (χ1n) is 7.64. The third kappa shape index (κ3) is 4.61. The first kappa shape index (κ1) is 18.1. The molecule has 1 amide bonds. The summed E-state index contributed by atoms with van der Waals surface area (Å²) in [5.41, 5.74) is 3.46. The number of carboxylic acids is 1. The maximum Gasteiger partial charge on any atom is 0.305 e. The van der Waals surface area contributed by atoms with E-state index in [0.717, 1.165) is 21.6 Å². The van der Waals surface area contributed by atoms with E-state index in [2.05, 4.69) is 5.32 Å². The highest BCUT2D eigenvalue weighted by Gasteiger charge is 2.19. The van der Waals surface area contributed by atoms with Crippen LogP contribution >= 0.6 is 11.8 Å². The van der Waals surface area contributed by atoms with Gasteiger partial charge in [-0.05, 0) is 61.1 Å². The first-order chi connectivity index (χ1) is 11.4. The maximum atomic E-state index is 12.5. The molecular formula is C19H21NO3S. The van der Waals surface area contributed by atoms with Gasteiger partial charge in [-0.1, -0.05) is 18.2 Å². The number of carbonyl (C=O) groups is 2. The number of thioether (sulfide) groups is 1. The Morgan fingerprint density at radius 2 is 1.75 bits per heavy atom. The van der Waals surface area contributed by atoms with Crippen LogP contribution in [0.4, 0.5) is 0 Å². The number of carboxylic acid groups (broad SMARTS) is 1. The van der Waals surface area contributed by atoms with E-state index in [1.807, 2.05) is 56.5 Å². The van der Waals surface area contributed by atoms with Crippen molar-refractivity contribution in [2.75, 3.05) is 6.26 Å². The summed E-state index contributed by atoms with van der Waals surface area (Å²) in [5.74, 6) is -1.22. The zero-order valence-corrected chi connectivity index (χ0v) is 14.8. The smallest absolute Gasteiger partial charge is 0.305 e. The zero-order chi connectivity index (χ0) is 17.7. The van der Waals surface area contributed by atoms with Crippen LogP contribution in [0.5, 0.6) is 0 Å². The molecule has 0 aliphatic heterocycles. The normalized spacial score (nSPS) is 11.8. The molecule has 2 aromatic rings. The van der Waals surface area contributed by atoms with Crippen molar-refractivity contribution >= 4 is 23.6 Å². The lowest BCUT2D eigenvalue weighted by molar-refractivity contribution is -0.137. The Labute approximate surface area is 146 Å². The van der Waals surface area contributed by atoms with E-state index in [4.69, 9.17) is 5.11 Å². The molecule has 0 aromatic heterocycles. The van der Waals surface area contributed by atoms with Gasteiger partial charge < -0.3 is 10.4 Å². The summed E-state index contributed by atoms with van der Waals surface area (Å²) in [5, 5.41) is 12.0. The minimum Gasteiger partial charge on any atom is -0.481 e. The maximum absolute atomic E-state index is 12.5. The number of nitrogens with one attached hydrogen (secondary N) is 1. The Hall–Kier alpha value is -2.27. The fraction of sp³-hybridized carbons (Fsp3) is 0.263. The third-order valence-electron chi connectivity index (χ3n) is 3.97. The van der Waals surface area contributed by atoms with Crippen molar-refractivity contribution < 1.29 is 14.7 Å². The minimum absolute atomic E-state index is 0.158. The molecule has 4 nitrogen and oxygen atoms in total. The van der Waals surface area contributed by atoms with E-state index in [1.165, 1.54) is 0 Å². The Balaban J connectivity index is 2.22. The summed E-state index contributed by atoms with van der Waals surface area (Å²) >= 11 is 1.61. The van der Waals surface area contributed by atoms with Gasteiger partial charge in [0, 0.05) is 10.5 Å². The van der Waals surface area contributed by atoms with E-state index in [9.17, 15) is 9.59 Å². The SMILES string of the molecule is CSc1ccc(C(CC(=O)O)NC(=O)c2ccc(C)c(C)c2)cc1. The Morgan fingerprint density at radius 3 is 2.29 bits per heavy atom. The number of aliphatic carboxylic acids is 1. The van der Waals surface area contributed by atoms with Gasteiger partial charge in [0.1, 0.15) is 0 Å². The van der Waals surface area contributed by atoms with Gasteiger partial charge >= 0.3 is 5.97 Å². The molecule has 0 aliphatic rings. The summed E-state index contributed by atoms with van der Waals surface area (Å²) in [6, 6.07) is 12.5. The minimum atomic E-state index is -0.950. The van der Waals surface area contributed by atoms with Crippen molar-refractivity contribution in [2.24, 2.45) is 0 Å². The van der Waals surface area contributed by atoms with Gasteiger partial charge in [0.05, 0.1) is 12.5 Å². The lowest BCUT2D eigenvalue weighted by Crippen LogP contribution is -2.30. The molecule has 0 aliphatic carbocycles. The molecule has 0 fully saturated rings. The van der Waals surface area contributed by atoms with Crippen LogP contribution in [0.25, 0.3) is 0 Å². The number of amides is 1. The standard InChI is InChI=1S/C19H21NO3S/c1-12-4-5-15(10-13(12)2)19(23)20-17(11-18(21)22)14-6-8-16(24-3)9-7-14/h4-10,17H,11H2,1-3H3,(H,20,23)(H,21,22). The van der Waals surface area contributed by atoms with Crippen LogP contribution in [0.1, 0.15) is 39.5 Å². The zero-order valence-electron chi connectivity index (χ0n) is 14.0. The monoisotopic (exact) mass is 343 g/mol. The predicted octanol–water partition coefficient (Wildman–Crippen LogP) is 3.97. The molecule has 0 spiro atoms. The van der Waals surface area contributed by atoms with Crippen LogP contribution in [0.2, 0.25) is 0 Å². The van der Waals surface area contributed by atoms with Gasteiger partial charge in [-0.25, -0.2) is 0 Å². The molecule has 0 saturated heterocycles. The van der Waals surface area contributed by atoms with Gasteiger partial charge in [0.2, 0.25) is 0 Å². The lowest BCUT2D eigenvalue weighted by atomic mass is 10.0. The largest absolute Gasteiger partial charge is 0.481 e. The molecule has 1 atom stereocenters. The molecule has 0 radical (unpaired) electrons. The molecule has 2 aromatic carbocycles. The number of hydrogen-bond donors (Lipinski definition) is 2. The lowest BCUT2D eigenvalue weighted by Gasteiger charge is -2.18. The second-order valence-corrected chi connectivity index (χ2v) is 6.58. The van der Waals surface area contributed by atoms with Crippen LogP contribution < -0.4 is 5.32 Å². The van der Waals surface area contributed by atoms with Gasteiger partial charge in [-0.3, -0.25) is 9.59 Å². The average molecular weight is 343 g/mol. The van der Waals surface area contributed by atoms with E-state index in [1.54, 1.807) is 17.8 Å². The molecule has 126 valence electrons. The fourth-order valence-corrected chi connectivity index (χ4v) is 2.80. The number of benzene rings is 2. The predicted molar refractivity (Wildman–Crippen MR) is 96.6 cm³/mol. The summed E-state index contributed by atoms with van der Waals surface area (Å²) in [6.07, 6.45) is 1.82. The van der Waals surface area contributed by atoms with Gasteiger partial charge in [0.25, 0.3) is 5.91 Å². The summed E-state index contributed by atoms with van der Waals surface area (Å²) in [4.78, 5) is 24.7. The van der Waals surface area contributed by atoms with Gasteiger partial charge in [-0.15, -0.1) is 11.8 Å². The Bertz CT molecular complexity index is 741. The van der Waals surface area contributed by atoms with Crippen LogP contribution in [0.3, 0.4) is 0 Å². The van der Waals surface area contributed by atoms with Crippen LogP contribution in [0, 0.1) is 13.8 Å². The quantitative estimate of drug-likeness (QED) is 0.779. The molecule has 0 bridgehead atoms. The van der Waals surface area contributed by atoms with Crippen molar-refractivity contribution in [3.8, 4) is 0 Å². The summed E-state index contributed by atoms with van der Waals surface area (Å²) in [6.45, 7) is 3.93. The van der Waals surface area contributed by atoms with Crippen LogP contribution in [-0.2, 0) is 4.79 Å².